The normalized spacial score (nSPS) is 9.31. The molecule has 1 heterocycles. The molecule has 16 heavy (non-hydrogen) atoms. The van der Waals surface area contributed by atoms with Gasteiger partial charge >= 0.3 is 0 Å². The second-order valence-electron chi connectivity index (χ2n) is 3.09. The van der Waals surface area contributed by atoms with Crippen molar-refractivity contribution >= 4 is 29.3 Å². The summed E-state index contributed by atoms with van der Waals surface area (Å²) in [6.07, 6.45) is 3.46. The van der Waals surface area contributed by atoms with E-state index in [-0.39, 0.29) is 12.4 Å². The summed E-state index contributed by atoms with van der Waals surface area (Å²) in [6.45, 7) is 0. The fraction of sp³-hybridized carbons (Fsp3) is 0. The highest BCUT2D eigenvalue weighted by Crippen LogP contribution is 2.19. The number of pyridine rings is 1. The van der Waals surface area contributed by atoms with E-state index in [9.17, 15) is 4.79 Å². The average Bonchev–Trinajstić information content (AvgIpc) is 2.30. The lowest BCUT2D eigenvalue weighted by Gasteiger charge is -2.00. The van der Waals surface area contributed by atoms with Crippen molar-refractivity contribution in [2.75, 3.05) is 0 Å². The van der Waals surface area contributed by atoms with Gasteiger partial charge in [0, 0.05) is 18.0 Å². The predicted molar refractivity (Wildman–Crippen MR) is 67.1 cm³/mol. The van der Waals surface area contributed by atoms with Gasteiger partial charge in [-0.2, -0.15) is 0 Å². The molecule has 0 aliphatic heterocycles. The molecule has 4 heteroatoms. The first kappa shape index (κ1) is 12.7. The van der Waals surface area contributed by atoms with Gasteiger partial charge in [-0.05, 0) is 47.0 Å². The Morgan fingerprint density at radius 3 is 1.94 bits per heavy atom. The number of benzene rings is 1. The molecule has 2 nitrogen and oxygen atoms in total. The molecule has 0 unspecified atom stereocenters. The largest absolute Gasteiger partial charge is 0.276 e. The maximum absolute atomic E-state index is 10.8. The molecule has 2 rings (SSSR count). The molecule has 0 saturated heterocycles. The first-order chi connectivity index (χ1) is 7.27. The Morgan fingerprint density at radius 2 is 1.44 bits per heavy atom. The maximum Gasteiger partial charge on any atom is 0.252 e. The molecule has 1 aromatic carbocycles. The number of hydrogen-bond acceptors (Lipinski definition) is 2. The zero-order valence-corrected chi connectivity index (χ0v) is 9.83. The van der Waals surface area contributed by atoms with Crippen molar-refractivity contribution in [3.8, 4) is 11.1 Å². The number of rotatable bonds is 2. The standard InChI is InChI=1S/C12H8ClNO.ClH/c13-12(15)11-3-1-9(2-4-11)10-5-7-14-8-6-10;/h1-8H;1H. The molecule has 0 fully saturated rings. The summed E-state index contributed by atoms with van der Waals surface area (Å²) in [4.78, 5) is 14.8. The molecule has 82 valence electrons. The third-order valence-electron chi connectivity index (χ3n) is 2.13. The second kappa shape index (κ2) is 5.64. The van der Waals surface area contributed by atoms with E-state index >= 15 is 0 Å². The quantitative estimate of drug-likeness (QED) is 0.767. The molecule has 1 aromatic heterocycles. The number of nitrogens with zero attached hydrogens (tertiary/aromatic N) is 1. The van der Waals surface area contributed by atoms with E-state index in [0.717, 1.165) is 11.1 Å². The van der Waals surface area contributed by atoms with E-state index in [2.05, 4.69) is 4.98 Å². The minimum absolute atomic E-state index is 0. The van der Waals surface area contributed by atoms with Gasteiger partial charge in [-0.3, -0.25) is 9.78 Å². The van der Waals surface area contributed by atoms with Gasteiger partial charge in [0.15, 0.2) is 0 Å². The van der Waals surface area contributed by atoms with Crippen LogP contribution in [0.1, 0.15) is 10.4 Å². The van der Waals surface area contributed by atoms with E-state index in [1.807, 2.05) is 24.3 Å². The van der Waals surface area contributed by atoms with Crippen molar-refractivity contribution in [2.45, 2.75) is 0 Å². The summed E-state index contributed by atoms with van der Waals surface area (Å²) in [5.74, 6) is 0. The Labute approximate surface area is 105 Å². The molecule has 0 aliphatic rings. The summed E-state index contributed by atoms with van der Waals surface area (Å²) in [5.41, 5.74) is 2.62. The van der Waals surface area contributed by atoms with Crippen molar-refractivity contribution in [2.24, 2.45) is 0 Å². The average molecular weight is 254 g/mol. The SMILES string of the molecule is Cl.O=C(Cl)c1ccc(-c2ccncc2)cc1. The molecule has 2 aromatic rings. The highest BCUT2D eigenvalue weighted by Gasteiger charge is 2.01. The highest BCUT2D eigenvalue weighted by atomic mass is 35.5. The maximum atomic E-state index is 10.8. The van der Waals surface area contributed by atoms with Crippen molar-refractivity contribution in [1.29, 1.82) is 0 Å². The topological polar surface area (TPSA) is 30.0 Å². The number of hydrogen-bond donors (Lipinski definition) is 0. The van der Waals surface area contributed by atoms with Crippen LogP contribution in [0, 0.1) is 0 Å². The van der Waals surface area contributed by atoms with Crippen LogP contribution >= 0.6 is 24.0 Å². The summed E-state index contributed by atoms with van der Waals surface area (Å²) in [7, 11) is 0. The number of aromatic nitrogens is 1. The van der Waals surface area contributed by atoms with Crippen LogP contribution in [0.4, 0.5) is 0 Å². The van der Waals surface area contributed by atoms with Gasteiger partial charge in [0.05, 0.1) is 0 Å². The monoisotopic (exact) mass is 253 g/mol. The lowest BCUT2D eigenvalue weighted by Crippen LogP contribution is -1.87. The molecule has 0 N–H and O–H groups in total. The highest BCUT2D eigenvalue weighted by molar-refractivity contribution is 6.67. The van der Waals surface area contributed by atoms with Gasteiger partial charge in [-0.25, -0.2) is 0 Å². The molecular weight excluding hydrogens is 245 g/mol. The van der Waals surface area contributed by atoms with Gasteiger partial charge in [0.1, 0.15) is 0 Å². The fourth-order valence-electron chi connectivity index (χ4n) is 1.34. The van der Waals surface area contributed by atoms with E-state index in [4.69, 9.17) is 11.6 Å². The number of carbonyl (C=O) groups excluding carboxylic acids is 1. The van der Waals surface area contributed by atoms with Crippen LogP contribution in [-0.4, -0.2) is 10.2 Å². The Morgan fingerprint density at radius 1 is 0.938 bits per heavy atom. The molecule has 0 atom stereocenters. The van der Waals surface area contributed by atoms with Gasteiger partial charge in [-0.1, -0.05) is 12.1 Å². The van der Waals surface area contributed by atoms with Crippen molar-refractivity contribution in [1.82, 2.24) is 4.98 Å². The van der Waals surface area contributed by atoms with E-state index < -0.39 is 5.24 Å². The summed E-state index contributed by atoms with van der Waals surface area (Å²) >= 11 is 5.35. The summed E-state index contributed by atoms with van der Waals surface area (Å²) in [5, 5.41) is -0.434. The summed E-state index contributed by atoms with van der Waals surface area (Å²) < 4.78 is 0. The Bertz CT molecular complexity index is 468. The van der Waals surface area contributed by atoms with E-state index in [1.165, 1.54) is 0 Å². The van der Waals surface area contributed by atoms with Crippen molar-refractivity contribution in [3.63, 3.8) is 0 Å². The zero-order chi connectivity index (χ0) is 10.7. The molecule has 0 amide bonds. The lowest BCUT2D eigenvalue weighted by molar-refractivity contribution is 0.108. The fourth-order valence-corrected chi connectivity index (χ4v) is 1.46. The van der Waals surface area contributed by atoms with Crippen molar-refractivity contribution < 1.29 is 4.79 Å². The Balaban J connectivity index is 0.00000128. The first-order valence-electron chi connectivity index (χ1n) is 4.47. The van der Waals surface area contributed by atoms with Gasteiger partial charge in [0.25, 0.3) is 5.24 Å². The Kier molecular flexibility index (Phi) is 4.47. The van der Waals surface area contributed by atoms with Crippen LogP contribution in [0.3, 0.4) is 0 Å². The van der Waals surface area contributed by atoms with E-state index in [1.54, 1.807) is 24.5 Å². The predicted octanol–water partition coefficient (Wildman–Crippen LogP) is 3.55. The first-order valence-corrected chi connectivity index (χ1v) is 4.85. The molecule has 0 saturated carbocycles. The smallest absolute Gasteiger partial charge is 0.252 e. The van der Waals surface area contributed by atoms with Crippen LogP contribution < -0.4 is 0 Å². The second-order valence-corrected chi connectivity index (χ2v) is 3.43. The molecular formula is C12H9Cl2NO. The van der Waals surface area contributed by atoms with Crippen LogP contribution in [-0.2, 0) is 0 Å². The minimum atomic E-state index is -0.434. The van der Waals surface area contributed by atoms with Crippen LogP contribution in [0.2, 0.25) is 0 Å². The Hall–Kier alpha value is -1.38. The van der Waals surface area contributed by atoms with Gasteiger partial charge in [0.2, 0.25) is 0 Å². The third kappa shape index (κ3) is 2.81. The van der Waals surface area contributed by atoms with Gasteiger partial charge in [-0.15, -0.1) is 12.4 Å². The van der Waals surface area contributed by atoms with Crippen LogP contribution in [0.15, 0.2) is 48.8 Å². The van der Waals surface area contributed by atoms with Crippen LogP contribution in [0.25, 0.3) is 11.1 Å². The molecule has 0 bridgehead atoms. The molecule has 0 spiro atoms. The zero-order valence-electron chi connectivity index (χ0n) is 8.26. The minimum Gasteiger partial charge on any atom is -0.276 e. The van der Waals surface area contributed by atoms with Gasteiger partial charge < -0.3 is 0 Å². The number of halogens is 2. The molecule has 0 aliphatic carbocycles. The lowest BCUT2D eigenvalue weighted by atomic mass is 10.1. The summed E-state index contributed by atoms with van der Waals surface area (Å²) in [6, 6.07) is 11.0. The number of carbonyl (C=O) groups is 1. The van der Waals surface area contributed by atoms with Crippen LogP contribution in [0.5, 0.6) is 0 Å². The third-order valence-corrected chi connectivity index (χ3v) is 2.34. The van der Waals surface area contributed by atoms with Crippen molar-refractivity contribution in [3.05, 3.63) is 54.4 Å². The molecule has 0 radical (unpaired) electrons. The van der Waals surface area contributed by atoms with E-state index in [0.29, 0.717) is 5.56 Å².